The van der Waals surface area contributed by atoms with Gasteiger partial charge in [-0.3, -0.25) is 15.1 Å². The second-order valence-electron chi connectivity index (χ2n) is 7.04. The Morgan fingerprint density at radius 1 is 0.871 bits per heavy atom. The molecule has 3 heterocycles. The molecule has 0 aliphatic rings. The minimum atomic E-state index is -0.212. The molecular weight excluding hydrogens is 404 g/mol. The van der Waals surface area contributed by atoms with Crippen molar-refractivity contribution in [1.29, 1.82) is 0 Å². The quantitative estimate of drug-likeness (QED) is 0.400. The molecule has 0 fully saturated rings. The zero-order valence-corrected chi connectivity index (χ0v) is 17.3. The van der Waals surface area contributed by atoms with Crippen LogP contribution in [0.3, 0.4) is 0 Å². The van der Waals surface area contributed by atoms with Crippen molar-refractivity contribution in [2.45, 2.75) is 6.42 Å². The monoisotopic (exact) mass is 422 g/mol. The lowest BCUT2D eigenvalue weighted by molar-refractivity contribution is 0.102. The van der Waals surface area contributed by atoms with E-state index in [0.29, 0.717) is 16.4 Å². The summed E-state index contributed by atoms with van der Waals surface area (Å²) in [6.45, 7) is 0. The Bertz CT molecular complexity index is 1350. The highest BCUT2D eigenvalue weighted by atomic mass is 32.1. The van der Waals surface area contributed by atoms with Crippen LogP contribution in [0, 0.1) is 0 Å². The van der Waals surface area contributed by atoms with Crippen molar-refractivity contribution in [1.82, 2.24) is 15.0 Å². The lowest BCUT2D eigenvalue weighted by Crippen LogP contribution is -2.13. The number of carbonyl (C=O) groups excluding carboxylic acids is 1. The van der Waals surface area contributed by atoms with Gasteiger partial charge in [0.15, 0.2) is 5.13 Å². The van der Waals surface area contributed by atoms with E-state index in [4.69, 9.17) is 4.98 Å². The topological polar surface area (TPSA) is 67.8 Å². The molecule has 0 radical (unpaired) electrons. The van der Waals surface area contributed by atoms with E-state index < -0.39 is 0 Å². The molecule has 1 amide bonds. The van der Waals surface area contributed by atoms with Crippen LogP contribution in [0.15, 0.2) is 91.3 Å². The Balaban J connectivity index is 1.45. The van der Waals surface area contributed by atoms with E-state index in [-0.39, 0.29) is 5.91 Å². The number of hydrogen-bond acceptors (Lipinski definition) is 5. The third-order valence-electron chi connectivity index (χ3n) is 4.88. The van der Waals surface area contributed by atoms with Gasteiger partial charge in [0, 0.05) is 29.1 Å². The summed E-state index contributed by atoms with van der Waals surface area (Å²) >= 11 is 1.49. The van der Waals surface area contributed by atoms with Crippen LogP contribution in [-0.2, 0) is 6.42 Å². The molecule has 5 nitrogen and oxygen atoms in total. The molecule has 6 heteroatoms. The molecule has 0 aliphatic heterocycles. The van der Waals surface area contributed by atoms with Gasteiger partial charge in [0.25, 0.3) is 5.91 Å². The number of anilines is 1. The standard InChI is InChI=1S/C25H18N4OS/c30-24(29-25-27-16-18(31-25)14-17-8-2-1-3-9-17)20-15-23(22-12-6-7-13-26-22)28-21-11-5-4-10-19(20)21/h1-13,15-16H,14H2,(H,27,29,30). The largest absolute Gasteiger partial charge is 0.298 e. The first-order valence-electron chi connectivity index (χ1n) is 9.87. The summed E-state index contributed by atoms with van der Waals surface area (Å²) in [6.07, 6.45) is 4.32. The highest BCUT2D eigenvalue weighted by Gasteiger charge is 2.16. The Morgan fingerprint density at radius 3 is 2.52 bits per heavy atom. The summed E-state index contributed by atoms with van der Waals surface area (Å²) in [4.78, 5) is 27.7. The van der Waals surface area contributed by atoms with Crippen molar-refractivity contribution in [3.63, 3.8) is 0 Å². The van der Waals surface area contributed by atoms with Crippen LogP contribution in [0.2, 0.25) is 0 Å². The van der Waals surface area contributed by atoms with E-state index in [0.717, 1.165) is 27.9 Å². The predicted octanol–water partition coefficient (Wildman–Crippen LogP) is 5.60. The first kappa shape index (κ1) is 19.1. The molecule has 1 N–H and O–H groups in total. The van der Waals surface area contributed by atoms with Crippen molar-refractivity contribution in [3.8, 4) is 11.4 Å². The third kappa shape index (κ3) is 4.20. The number of carbonyl (C=O) groups is 1. The number of amides is 1. The highest BCUT2D eigenvalue weighted by molar-refractivity contribution is 7.15. The summed E-state index contributed by atoms with van der Waals surface area (Å²) in [6, 6.07) is 25.3. The minimum absolute atomic E-state index is 0.212. The average Bonchev–Trinajstić information content (AvgIpc) is 3.26. The number of hydrogen-bond donors (Lipinski definition) is 1. The molecule has 0 saturated carbocycles. The smallest absolute Gasteiger partial charge is 0.258 e. The lowest BCUT2D eigenvalue weighted by atomic mass is 10.1. The van der Waals surface area contributed by atoms with Gasteiger partial charge in [-0.1, -0.05) is 54.6 Å². The molecule has 3 aromatic heterocycles. The maximum Gasteiger partial charge on any atom is 0.258 e. The fraction of sp³-hybridized carbons (Fsp3) is 0.0400. The van der Waals surface area contributed by atoms with E-state index in [1.54, 1.807) is 12.3 Å². The van der Waals surface area contributed by atoms with Crippen molar-refractivity contribution >= 4 is 33.3 Å². The zero-order chi connectivity index (χ0) is 21.0. The Hall–Kier alpha value is -3.90. The maximum atomic E-state index is 13.2. The first-order valence-corrected chi connectivity index (χ1v) is 10.7. The summed E-state index contributed by atoms with van der Waals surface area (Å²) in [5.74, 6) is -0.212. The number of thiazole rings is 1. The number of rotatable bonds is 5. The molecule has 0 spiro atoms. The molecule has 2 aromatic carbocycles. The number of nitrogens with zero attached hydrogens (tertiary/aromatic N) is 3. The molecule has 5 aromatic rings. The average molecular weight is 423 g/mol. The molecule has 0 aliphatic carbocycles. The maximum absolute atomic E-state index is 13.2. The van der Waals surface area contributed by atoms with Crippen LogP contribution in [0.4, 0.5) is 5.13 Å². The van der Waals surface area contributed by atoms with E-state index >= 15 is 0 Å². The molecule has 0 unspecified atom stereocenters. The molecule has 150 valence electrons. The second kappa shape index (κ2) is 8.45. The SMILES string of the molecule is O=C(Nc1ncc(Cc2ccccc2)s1)c1cc(-c2ccccn2)nc2ccccc12. The van der Waals surface area contributed by atoms with Gasteiger partial charge in [0.05, 0.1) is 22.5 Å². The summed E-state index contributed by atoms with van der Waals surface area (Å²) in [5.41, 5.74) is 3.89. The Kier molecular flexibility index (Phi) is 5.21. The van der Waals surface area contributed by atoms with Crippen LogP contribution in [0.25, 0.3) is 22.3 Å². The molecule has 0 saturated heterocycles. The van der Waals surface area contributed by atoms with Gasteiger partial charge < -0.3 is 0 Å². The van der Waals surface area contributed by atoms with E-state index in [2.05, 4.69) is 27.4 Å². The van der Waals surface area contributed by atoms with Gasteiger partial charge >= 0.3 is 0 Å². The van der Waals surface area contributed by atoms with Gasteiger partial charge in [0.1, 0.15) is 0 Å². The van der Waals surface area contributed by atoms with Crippen molar-refractivity contribution < 1.29 is 4.79 Å². The van der Waals surface area contributed by atoms with Gasteiger partial charge in [-0.25, -0.2) is 9.97 Å². The van der Waals surface area contributed by atoms with Crippen LogP contribution in [-0.4, -0.2) is 20.9 Å². The van der Waals surface area contributed by atoms with Gasteiger partial charge in [-0.2, -0.15) is 0 Å². The fourth-order valence-electron chi connectivity index (χ4n) is 3.42. The number of aromatic nitrogens is 3. The van der Waals surface area contributed by atoms with Crippen LogP contribution >= 0.6 is 11.3 Å². The summed E-state index contributed by atoms with van der Waals surface area (Å²) < 4.78 is 0. The van der Waals surface area contributed by atoms with Crippen molar-refractivity contribution in [3.05, 3.63) is 107 Å². The van der Waals surface area contributed by atoms with Crippen LogP contribution in [0.5, 0.6) is 0 Å². The van der Waals surface area contributed by atoms with E-state index in [1.165, 1.54) is 16.9 Å². The number of fused-ring (bicyclic) bond motifs is 1. The lowest BCUT2D eigenvalue weighted by Gasteiger charge is -2.09. The van der Waals surface area contributed by atoms with Crippen LogP contribution < -0.4 is 5.32 Å². The Labute approximate surface area is 183 Å². The molecular formula is C25H18N4OS. The van der Waals surface area contributed by atoms with Gasteiger partial charge in [-0.15, -0.1) is 11.3 Å². The second-order valence-corrected chi connectivity index (χ2v) is 8.15. The van der Waals surface area contributed by atoms with Crippen molar-refractivity contribution in [2.75, 3.05) is 5.32 Å². The van der Waals surface area contributed by atoms with E-state index in [9.17, 15) is 4.79 Å². The van der Waals surface area contributed by atoms with Crippen molar-refractivity contribution in [2.24, 2.45) is 0 Å². The number of pyridine rings is 2. The summed E-state index contributed by atoms with van der Waals surface area (Å²) in [7, 11) is 0. The fourth-order valence-corrected chi connectivity index (χ4v) is 4.26. The van der Waals surface area contributed by atoms with E-state index in [1.807, 2.05) is 66.9 Å². The zero-order valence-electron chi connectivity index (χ0n) is 16.5. The summed E-state index contributed by atoms with van der Waals surface area (Å²) in [5, 5.41) is 4.33. The number of nitrogens with one attached hydrogen (secondary N) is 1. The molecule has 0 bridgehead atoms. The molecule has 0 atom stereocenters. The number of para-hydroxylation sites is 1. The predicted molar refractivity (Wildman–Crippen MR) is 124 cm³/mol. The molecule has 5 rings (SSSR count). The van der Waals surface area contributed by atoms with Gasteiger partial charge in [0.2, 0.25) is 0 Å². The molecule has 31 heavy (non-hydrogen) atoms. The van der Waals surface area contributed by atoms with Crippen LogP contribution in [0.1, 0.15) is 20.8 Å². The Morgan fingerprint density at radius 2 is 1.68 bits per heavy atom. The van der Waals surface area contributed by atoms with Gasteiger partial charge in [-0.05, 0) is 29.8 Å². The normalized spacial score (nSPS) is 10.8. The highest BCUT2D eigenvalue weighted by Crippen LogP contribution is 2.26. The third-order valence-corrected chi connectivity index (χ3v) is 5.80. The number of benzene rings is 2. The minimum Gasteiger partial charge on any atom is -0.298 e. The first-order chi connectivity index (χ1) is 15.3.